The number of hydrogen-bond donors (Lipinski definition) is 2. The van der Waals surface area contributed by atoms with Gasteiger partial charge in [-0.3, -0.25) is 4.79 Å². The third-order valence-electron chi connectivity index (χ3n) is 1.99. The summed E-state index contributed by atoms with van der Waals surface area (Å²) >= 11 is 3.32. The molecule has 76 valence electrons. The van der Waals surface area contributed by atoms with E-state index in [1.54, 1.807) is 12.1 Å². The van der Waals surface area contributed by atoms with Crippen LogP contribution in [-0.4, -0.2) is 11.1 Å². The number of carboxylic acid groups (broad SMARTS) is 1. The van der Waals surface area contributed by atoms with Crippen LogP contribution in [-0.2, 0) is 4.79 Å². The van der Waals surface area contributed by atoms with E-state index in [2.05, 4.69) is 15.9 Å². The summed E-state index contributed by atoms with van der Waals surface area (Å²) in [6.07, 6.45) is 0.121. The highest BCUT2D eigenvalue weighted by molar-refractivity contribution is 9.10. The normalized spacial score (nSPS) is 12.4. The van der Waals surface area contributed by atoms with Gasteiger partial charge in [-0.15, -0.1) is 0 Å². The Labute approximate surface area is 91.1 Å². The lowest BCUT2D eigenvalue weighted by molar-refractivity contribution is -0.137. The van der Waals surface area contributed by atoms with Gasteiger partial charge in [-0.05, 0) is 29.7 Å². The van der Waals surface area contributed by atoms with Crippen LogP contribution in [0, 0.1) is 0 Å². The van der Waals surface area contributed by atoms with Crippen LogP contribution in [0.25, 0.3) is 0 Å². The van der Waals surface area contributed by atoms with Gasteiger partial charge in [0.15, 0.2) is 0 Å². The van der Waals surface area contributed by atoms with Crippen molar-refractivity contribution in [3.05, 3.63) is 28.2 Å². The molecule has 3 N–H and O–H groups in total. The smallest absolute Gasteiger partial charge is 0.303 e. The highest BCUT2D eigenvalue weighted by atomic mass is 79.9. The number of anilines is 1. The zero-order valence-electron chi connectivity index (χ0n) is 7.83. The molecule has 1 rings (SSSR count). The maximum Gasteiger partial charge on any atom is 0.303 e. The van der Waals surface area contributed by atoms with Crippen LogP contribution in [0.1, 0.15) is 24.8 Å². The Kier molecular flexibility index (Phi) is 3.52. The van der Waals surface area contributed by atoms with Crippen molar-refractivity contribution in [2.45, 2.75) is 19.3 Å². The molecule has 0 heterocycles. The lowest BCUT2D eigenvalue weighted by atomic mass is 9.97. The van der Waals surface area contributed by atoms with Gasteiger partial charge in [-0.2, -0.15) is 0 Å². The lowest BCUT2D eigenvalue weighted by Gasteiger charge is -2.10. The second-order valence-electron chi connectivity index (χ2n) is 3.32. The minimum atomic E-state index is -0.795. The zero-order valence-corrected chi connectivity index (χ0v) is 9.41. The van der Waals surface area contributed by atoms with E-state index in [0.717, 1.165) is 10.0 Å². The molecule has 0 aliphatic carbocycles. The van der Waals surface area contributed by atoms with Crippen LogP contribution in [0.5, 0.6) is 0 Å². The Morgan fingerprint density at radius 3 is 2.71 bits per heavy atom. The molecule has 0 fully saturated rings. The van der Waals surface area contributed by atoms with Crippen LogP contribution >= 0.6 is 15.9 Å². The van der Waals surface area contributed by atoms with Crippen molar-refractivity contribution >= 4 is 27.6 Å². The molecule has 0 aliphatic rings. The summed E-state index contributed by atoms with van der Waals surface area (Å²) in [5.41, 5.74) is 7.24. The second-order valence-corrected chi connectivity index (χ2v) is 4.23. The molecule has 0 spiro atoms. The fourth-order valence-corrected chi connectivity index (χ4v) is 1.83. The number of hydrogen-bond acceptors (Lipinski definition) is 2. The van der Waals surface area contributed by atoms with E-state index >= 15 is 0 Å². The standard InChI is InChI=1S/C10H12BrNO2/c1-6(2-10(13)14)7-3-8(11)5-9(12)4-7/h3-6H,2,12H2,1H3,(H,13,14). The molecule has 14 heavy (non-hydrogen) atoms. The fraction of sp³-hybridized carbons (Fsp3) is 0.300. The number of halogens is 1. The molecule has 1 unspecified atom stereocenters. The molecular formula is C10H12BrNO2. The zero-order chi connectivity index (χ0) is 10.7. The summed E-state index contributed by atoms with van der Waals surface area (Å²) < 4.78 is 0.879. The summed E-state index contributed by atoms with van der Waals surface area (Å²) in [6, 6.07) is 5.49. The monoisotopic (exact) mass is 257 g/mol. The number of carbonyl (C=O) groups is 1. The third-order valence-corrected chi connectivity index (χ3v) is 2.45. The van der Waals surface area contributed by atoms with Gasteiger partial charge >= 0.3 is 5.97 Å². The van der Waals surface area contributed by atoms with Crippen molar-refractivity contribution < 1.29 is 9.90 Å². The maximum atomic E-state index is 10.5. The number of nitrogen functional groups attached to an aromatic ring is 1. The number of benzene rings is 1. The van der Waals surface area contributed by atoms with Crippen LogP contribution in [0.4, 0.5) is 5.69 Å². The predicted octanol–water partition coefficient (Wildman–Crippen LogP) is 2.61. The van der Waals surface area contributed by atoms with Crippen molar-refractivity contribution in [2.75, 3.05) is 5.73 Å². The van der Waals surface area contributed by atoms with E-state index < -0.39 is 5.97 Å². The molecule has 0 radical (unpaired) electrons. The fourth-order valence-electron chi connectivity index (χ4n) is 1.30. The topological polar surface area (TPSA) is 63.3 Å². The van der Waals surface area contributed by atoms with E-state index in [4.69, 9.17) is 10.8 Å². The molecule has 0 saturated carbocycles. The second kappa shape index (κ2) is 4.46. The molecule has 4 heteroatoms. The average Bonchev–Trinajstić information content (AvgIpc) is 2.00. The number of carboxylic acids is 1. The lowest BCUT2D eigenvalue weighted by Crippen LogP contribution is -2.03. The van der Waals surface area contributed by atoms with Gasteiger partial charge in [0.2, 0.25) is 0 Å². The quantitative estimate of drug-likeness (QED) is 0.819. The van der Waals surface area contributed by atoms with Crippen LogP contribution < -0.4 is 5.73 Å². The molecule has 3 nitrogen and oxygen atoms in total. The summed E-state index contributed by atoms with van der Waals surface area (Å²) in [7, 11) is 0. The molecule has 1 atom stereocenters. The van der Waals surface area contributed by atoms with E-state index in [0.29, 0.717) is 5.69 Å². The van der Waals surface area contributed by atoms with Gasteiger partial charge in [-0.25, -0.2) is 0 Å². The first-order valence-electron chi connectivity index (χ1n) is 4.27. The van der Waals surface area contributed by atoms with Crippen LogP contribution in [0.15, 0.2) is 22.7 Å². The SMILES string of the molecule is CC(CC(=O)O)c1cc(N)cc(Br)c1. The summed E-state index contributed by atoms with van der Waals surface area (Å²) in [5, 5.41) is 8.64. The Balaban J connectivity index is 2.89. The number of aliphatic carboxylic acids is 1. The largest absolute Gasteiger partial charge is 0.481 e. The third kappa shape index (κ3) is 3.03. The summed E-state index contributed by atoms with van der Waals surface area (Å²) in [5.74, 6) is -0.816. The first-order chi connectivity index (χ1) is 6.49. The minimum absolute atomic E-state index is 0.0210. The Morgan fingerprint density at radius 2 is 2.21 bits per heavy atom. The Bertz CT molecular complexity index is 332. The van der Waals surface area contributed by atoms with Crippen LogP contribution in [0.3, 0.4) is 0 Å². The molecule has 0 aliphatic heterocycles. The van der Waals surface area contributed by atoms with E-state index in [1.807, 2.05) is 13.0 Å². The van der Waals surface area contributed by atoms with Gasteiger partial charge in [0.1, 0.15) is 0 Å². The predicted molar refractivity (Wildman–Crippen MR) is 59.2 cm³/mol. The van der Waals surface area contributed by atoms with E-state index in [1.165, 1.54) is 0 Å². The minimum Gasteiger partial charge on any atom is -0.481 e. The molecular weight excluding hydrogens is 246 g/mol. The van der Waals surface area contributed by atoms with Gasteiger partial charge in [0, 0.05) is 10.2 Å². The molecule has 0 amide bonds. The van der Waals surface area contributed by atoms with Gasteiger partial charge < -0.3 is 10.8 Å². The van der Waals surface area contributed by atoms with Crippen molar-refractivity contribution in [2.24, 2.45) is 0 Å². The first-order valence-corrected chi connectivity index (χ1v) is 5.06. The highest BCUT2D eigenvalue weighted by Crippen LogP contribution is 2.25. The average molecular weight is 258 g/mol. The van der Waals surface area contributed by atoms with Crippen molar-refractivity contribution in [3.8, 4) is 0 Å². The molecule has 0 aromatic heterocycles. The highest BCUT2D eigenvalue weighted by Gasteiger charge is 2.10. The van der Waals surface area contributed by atoms with Crippen molar-refractivity contribution in [1.29, 1.82) is 0 Å². The van der Waals surface area contributed by atoms with Gasteiger partial charge in [0.25, 0.3) is 0 Å². The van der Waals surface area contributed by atoms with Gasteiger partial charge in [0.05, 0.1) is 6.42 Å². The number of nitrogens with two attached hydrogens (primary N) is 1. The number of rotatable bonds is 3. The van der Waals surface area contributed by atoms with Gasteiger partial charge in [-0.1, -0.05) is 22.9 Å². The molecule has 0 saturated heterocycles. The molecule has 1 aromatic rings. The molecule has 1 aromatic carbocycles. The summed E-state index contributed by atoms with van der Waals surface area (Å²) in [4.78, 5) is 10.5. The summed E-state index contributed by atoms with van der Waals surface area (Å²) in [6.45, 7) is 1.87. The van der Waals surface area contributed by atoms with Crippen molar-refractivity contribution in [1.82, 2.24) is 0 Å². The maximum absolute atomic E-state index is 10.5. The molecule has 0 bridgehead atoms. The Morgan fingerprint density at radius 1 is 1.57 bits per heavy atom. The van der Waals surface area contributed by atoms with E-state index in [9.17, 15) is 4.79 Å². The first kappa shape index (κ1) is 11.0. The van der Waals surface area contributed by atoms with Crippen molar-refractivity contribution in [3.63, 3.8) is 0 Å². The Hall–Kier alpha value is -1.03. The van der Waals surface area contributed by atoms with Crippen LogP contribution in [0.2, 0.25) is 0 Å². The van der Waals surface area contributed by atoms with E-state index in [-0.39, 0.29) is 12.3 Å².